The third-order valence-electron chi connectivity index (χ3n) is 2.05. The summed E-state index contributed by atoms with van der Waals surface area (Å²) in [5.74, 6) is 0.113. The minimum Gasteiger partial charge on any atom is -0.370 e. The molecular formula is C10H10O2. The van der Waals surface area contributed by atoms with Crippen molar-refractivity contribution in [2.24, 2.45) is 0 Å². The number of ether oxygens (including phenoxy) is 1. The summed E-state index contributed by atoms with van der Waals surface area (Å²) in [6.07, 6.45) is 0.695. The van der Waals surface area contributed by atoms with Crippen molar-refractivity contribution < 1.29 is 9.53 Å². The molecule has 0 bridgehead atoms. The zero-order valence-corrected chi connectivity index (χ0v) is 6.69. The van der Waals surface area contributed by atoms with E-state index >= 15 is 0 Å². The van der Waals surface area contributed by atoms with E-state index in [9.17, 15) is 4.79 Å². The highest BCUT2D eigenvalue weighted by atomic mass is 16.5. The average Bonchev–Trinajstić information content (AvgIpc) is 2.03. The predicted octanol–water partition coefficient (Wildman–Crippen LogP) is 1.66. The first-order valence-electron chi connectivity index (χ1n) is 4.09. The number of ketones is 1. The number of benzene rings is 1. The van der Waals surface area contributed by atoms with Crippen LogP contribution in [0.3, 0.4) is 0 Å². The number of carbonyl (C=O) groups is 1. The van der Waals surface area contributed by atoms with Gasteiger partial charge in [-0.05, 0) is 0 Å². The third-order valence-corrected chi connectivity index (χ3v) is 2.05. The van der Waals surface area contributed by atoms with E-state index in [4.69, 9.17) is 4.74 Å². The van der Waals surface area contributed by atoms with E-state index < -0.39 is 0 Å². The lowest BCUT2D eigenvalue weighted by molar-refractivity contribution is -0.0318. The second-order valence-electron chi connectivity index (χ2n) is 2.88. The molecule has 1 saturated heterocycles. The van der Waals surface area contributed by atoms with Crippen LogP contribution in [0.4, 0.5) is 0 Å². The van der Waals surface area contributed by atoms with E-state index in [2.05, 4.69) is 0 Å². The van der Waals surface area contributed by atoms with E-state index in [-0.39, 0.29) is 11.9 Å². The molecule has 1 aliphatic heterocycles. The van der Waals surface area contributed by atoms with Crippen molar-refractivity contribution in [2.75, 3.05) is 6.61 Å². The Kier molecular flexibility index (Phi) is 1.92. The summed E-state index contributed by atoms with van der Waals surface area (Å²) in [5.41, 5.74) is 0.752. The summed E-state index contributed by atoms with van der Waals surface area (Å²) in [6, 6.07) is 9.28. The zero-order chi connectivity index (χ0) is 8.39. The summed E-state index contributed by atoms with van der Waals surface area (Å²) < 4.78 is 5.10. The van der Waals surface area contributed by atoms with Crippen molar-refractivity contribution in [3.63, 3.8) is 0 Å². The van der Waals surface area contributed by atoms with Crippen molar-refractivity contribution in [1.82, 2.24) is 0 Å². The van der Waals surface area contributed by atoms with Crippen LogP contribution in [-0.2, 0) is 4.74 Å². The van der Waals surface area contributed by atoms with Gasteiger partial charge < -0.3 is 4.74 Å². The fourth-order valence-electron chi connectivity index (χ4n) is 1.23. The second kappa shape index (κ2) is 3.07. The quantitative estimate of drug-likeness (QED) is 0.618. The van der Waals surface area contributed by atoms with Gasteiger partial charge in [0.25, 0.3) is 0 Å². The standard InChI is InChI=1S/C10H10O2/c11-10(9-6-7-12-9)8-4-2-1-3-5-8/h1-5,9H,6-7H2/t9-/m0/s1. The van der Waals surface area contributed by atoms with Crippen LogP contribution in [0.5, 0.6) is 0 Å². The smallest absolute Gasteiger partial charge is 0.191 e. The maximum absolute atomic E-state index is 11.5. The molecule has 0 aliphatic carbocycles. The largest absolute Gasteiger partial charge is 0.370 e. The minimum absolute atomic E-state index is 0.113. The molecule has 12 heavy (non-hydrogen) atoms. The summed E-state index contributed by atoms with van der Waals surface area (Å²) in [4.78, 5) is 11.5. The molecule has 1 aromatic carbocycles. The molecule has 1 heterocycles. The Balaban J connectivity index is 2.14. The maximum atomic E-state index is 11.5. The molecule has 0 unspecified atom stereocenters. The van der Waals surface area contributed by atoms with Crippen molar-refractivity contribution >= 4 is 5.78 Å². The molecule has 0 saturated carbocycles. The number of hydrogen-bond acceptors (Lipinski definition) is 2. The van der Waals surface area contributed by atoms with E-state index in [1.807, 2.05) is 30.3 Å². The Bertz CT molecular complexity index is 275. The van der Waals surface area contributed by atoms with Gasteiger partial charge in [0.2, 0.25) is 0 Å². The molecule has 0 amide bonds. The van der Waals surface area contributed by atoms with Gasteiger partial charge in [-0.15, -0.1) is 0 Å². The van der Waals surface area contributed by atoms with Crippen LogP contribution in [0.1, 0.15) is 16.8 Å². The molecule has 62 valence electrons. The maximum Gasteiger partial charge on any atom is 0.191 e. The lowest BCUT2D eigenvalue weighted by Crippen LogP contribution is -2.34. The van der Waals surface area contributed by atoms with Gasteiger partial charge in [-0.3, -0.25) is 4.79 Å². The fraction of sp³-hybridized carbons (Fsp3) is 0.300. The van der Waals surface area contributed by atoms with Crippen molar-refractivity contribution in [1.29, 1.82) is 0 Å². The van der Waals surface area contributed by atoms with Crippen LogP contribution in [0, 0.1) is 0 Å². The van der Waals surface area contributed by atoms with Crippen LogP contribution in [-0.4, -0.2) is 18.5 Å². The first-order chi connectivity index (χ1) is 5.88. The van der Waals surface area contributed by atoms with Crippen molar-refractivity contribution in [3.05, 3.63) is 35.9 Å². The third kappa shape index (κ3) is 1.25. The highest BCUT2D eigenvalue weighted by Gasteiger charge is 2.26. The second-order valence-corrected chi connectivity index (χ2v) is 2.88. The molecule has 1 aliphatic rings. The predicted molar refractivity (Wildman–Crippen MR) is 45.1 cm³/mol. The Labute approximate surface area is 71.2 Å². The highest BCUT2D eigenvalue weighted by Crippen LogP contribution is 2.16. The number of carbonyl (C=O) groups excluding carboxylic acids is 1. The van der Waals surface area contributed by atoms with Crippen LogP contribution < -0.4 is 0 Å². The summed E-state index contributed by atoms with van der Waals surface area (Å²) >= 11 is 0. The molecule has 1 fully saturated rings. The highest BCUT2D eigenvalue weighted by molar-refractivity contribution is 5.99. The monoisotopic (exact) mass is 162 g/mol. The van der Waals surface area contributed by atoms with Gasteiger partial charge in [0.05, 0.1) is 6.61 Å². The van der Waals surface area contributed by atoms with Crippen LogP contribution >= 0.6 is 0 Å². The van der Waals surface area contributed by atoms with Crippen LogP contribution in [0.15, 0.2) is 30.3 Å². The van der Waals surface area contributed by atoms with Crippen molar-refractivity contribution in [3.8, 4) is 0 Å². The SMILES string of the molecule is O=C(c1ccccc1)[C@@H]1CCO1. The van der Waals surface area contributed by atoms with Gasteiger partial charge in [-0.1, -0.05) is 30.3 Å². The first-order valence-corrected chi connectivity index (χ1v) is 4.09. The molecule has 0 radical (unpaired) electrons. The molecule has 0 aromatic heterocycles. The first kappa shape index (κ1) is 7.50. The molecule has 0 N–H and O–H groups in total. The van der Waals surface area contributed by atoms with Gasteiger partial charge in [-0.2, -0.15) is 0 Å². The molecule has 2 nitrogen and oxygen atoms in total. The average molecular weight is 162 g/mol. The Morgan fingerprint density at radius 1 is 1.33 bits per heavy atom. The van der Waals surface area contributed by atoms with E-state index in [0.29, 0.717) is 0 Å². The van der Waals surface area contributed by atoms with Crippen molar-refractivity contribution in [2.45, 2.75) is 12.5 Å². The van der Waals surface area contributed by atoms with E-state index in [1.165, 1.54) is 0 Å². The van der Waals surface area contributed by atoms with Gasteiger partial charge in [0.1, 0.15) is 6.10 Å². The Hall–Kier alpha value is -1.15. The molecule has 2 heteroatoms. The van der Waals surface area contributed by atoms with Gasteiger partial charge >= 0.3 is 0 Å². The number of rotatable bonds is 2. The minimum atomic E-state index is -0.174. The lowest BCUT2D eigenvalue weighted by Gasteiger charge is -2.24. The van der Waals surface area contributed by atoms with E-state index in [1.54, 1.807) is 0 Å². The molecule has 1 aromatic rings. The topological polar surface area (TPSA) is 26.3 Å². The molecule has 1 atom stereocenters. The lowest BCUT2D eigenvalue weighted by atomic mass is 10.0. The Morgan fingerprint density at radius 2 is 2.00 bits per heavy atom. The Morgan fingerprint density at radius 3 is 2.50 bits per heavy atom. The normalized spacial score (nSPS) is 21.5. The summed E-state index contributed by atoms with van der Waals surface area (Å²) in [6.45, 7) is 0.725. The molecule has 2 rings (SSSR count). The van der Waals surface area contributed by atoms with Gasteiger partial charge in [0.15, 0.2) is 5.78 Å². The van der Waals surface area contributed by atoms with Crippen LogP contribution in [0.2, 0.25) is 0 Å². The van der Waals surface area contributed by atoms with Gasteiger partial charge in [0, 0.05) is 12.0 Å². The van der Waals surface area contributed by atoms with Gasteiger partial charge in [-0.25, -0.2) is 0 Å². The fourth-order valence-corrected chi connectivity index (χ4v) is 1.23. The summed E-state index contributed by atoms with van der Waals surface area (Å²) in [5, 5.41) is 0. The number of hydrogen-bond donors (Lipinski definition) is 0. The number of Topliss-reactive ketones (excluding diaryl/α,β-unsaturated/α-hetero) is 1. The van der Waals surface area contributed by atoms with Crippen LogP contribution in [0.25, 0.3) is 0 Å². The molecular weight excluding hydrogens is 152 g/mol. The molecule has 0 spiro atoms. The summed E-state index contributed by atoms with van der Waals surface area (Å²) in [7, 11) is 0. The zero-order valence-electron chi connectivity index (χ0n) is 6.69. The van der Waals surface area contributed by atoms with E-state index in [0.717, 1.165) is 18.6 Å².